The van der Waals surface area contributed by atoms with Gasteiger partial charge in [0.15, 0.2) is 0 Å². The Morgan fingerprint density at radius 1 is 1.00 bits per heavy atom. The second-order valence-electron chi connectivity index (χ2n) is 6.57. The maximum Gasteiger partial charge on any atom is 0.308 e. The van der Waals surface area contributed by atoms with Gasteiger partial charge in [-0.1, -0.05) is 66.2 Å². The standard InChI is InChI=1S/C15H20O3.C7H8.CH4O/c1-12-9-14(10-13-5-3-2-4-6-13)11-17-8-7-15(16)18-12;1-7-5-3-2-4-6-7;1-2/h2-6,12,14H,7-11H2,1H3;2-6H,1H3;2H,1H3. The number of carbonyl (C=O) groups is 1. The maximum absolute atomic E-state index is 11.4. The molecule has 0 aromatic heterocycles. The number of benzene rings is 2. The van der Waals surface area contributed by atoms with E-state index in [2.05, 4.69) is 43.3 Å². The molecule has 1 saturated heterocycles. The van der Waals surface area contributed by atoms with Crippen LogP contribution in [-0.4, -0.2) is 37.5 Å². The molecule has 3 rings (SSSR count). The number of rotatable bonds is 2. The van der Waals surface area contributed by atoms with Crippen LogP contribution in [0.3, 0.4) is 0 Å². The molecule has 1 aliphatic heterocycles. The first-order valence-corrected chi connectivity index (χ1v) is 9.41. The molecule has 1 N–H and O–H groups in total. The summed E-state index contributed by atoms with van der Waals surface area (Å²) in [6.07, 6.45) is 2.18. The van der Waals surface area contributed by atoms with Gasteiger partial charge in [0.25, 0.3) is 0 Å². The summed E-state index contributed by atoms with van der Waals surface area (Å²) in [5.41, 5.74) is 2.63. The zero-order valence-corrected chi connectivity index (χ0v) is 16.6. The summed E-state index contributed by atoms with van der Waals surface area (Å²) in [6, 6.07) is 20.6. The van der Waals surface area contributed by atoms with Gasteiger partial charge in [-0.3, -0.25) is 4.79 Å². The molecule has 0 aliphatic carbocycles. The third-order valence-electron chi connectivity index (χ3n) is 4.11. The van der Waals surface area contributed by atoms with E-state index in [0.717, 1.165) is 20.0 Å². The highest BCUT2D eigenvalue weighted by Crippen LogP contribution is 2.18. The van der Waals surface area contributed by atoms with Crippen LogP contribution in [0, 0.1) is 12.8 Å². The zero-order chi connectivity index (χ0) is 19.9. The molecule has 2 aromatic carbocycles. The summed E-state index contributed by atoms with van der Waals surface area (Å²) in [5.74, 6) is 0.260. The van der Waals surface area contributed by atoms with Gasteiger partial charge in [-0.15, -0.1) is 0 Å². The first-order chi connectivity index (χ1) is 13.1. The van der Waals surface area contributed by atoms with E-state index < -0.39 is 0 Å². The molecule has 1 fully saturated rings. The number of aliphatic hydroxyl groups is 1. The van der Waals surface area contributed by atoms with Crippen molar-refractivity contribution < 1.29 is 19.4 Å². The van der Waals surface area contributed by atoms with Gasteiger partial charge in [-0.25, -0.2) is 0 Å². The average molecular weight is 373 g/mol. The van der Waals surface area contributed by atoms with Crippen molar-refractivity contribution in [3.05, 3.63) is 71.8 Å². The number of carbonyl (C=O) groups excluding carboxylic acids is 1. The van der Waals surface area contributed by atoms with Crippen LogP contribution in [-0.2, 0) is 20.7 Å². The van der Waals surface area contributed by atoms with Gasteiger partial charge in [-0.2, -0.15) is 0 Å². The van der Waals surface area contributed by atoms with Crippen molar-refractivity contribution in [1.29, 1.82) is 0 Å². The fourth-order valence-electron chi connectivity index (χ4n) is 2.90. The van der Waals surface area contributed by atoms with Crippen molar-refractivity contribution in [3.8, 4) is 0 Å². The number of hydrogen-bond acceptors (Lipinski definition) is 4. The van der Waals surface area contributed by atoms with E-state index in [1.807, 2.05) is 31.2 Å². The molecule has 1 heterocycles. The molecule has 2 atom stereocenters. The lowest BCUT2D eigenvalue weighted by Crippen LogP contribution is -2.20. The highest BCUT2D eigenvalue weighted by atomic mass is 16.5. The predicted octanol–water partition coefficient (Wildman–Crippen LogP) is 4.19. The van der Waals surface area contributed by atoms with Gasteiger partial charge in [0.2, 0.25) is 0 Å². The molecular weight excluding hydrogens is 340 g/mol. The second kappa shape index (κ2) is 14.0. The van der Waals surface area contributed by atoms with E-state index in [1.165, 1.54) is 11.1 Å². The smallest absolute Gasteiger partial charge is 0.308 e. The Hall–Kier alpha value is -2.17. The molecule has 27 heavy (non-hydrogen) atoms. The Bertz CT molecular complexity index is 613. The average Bonchev–Trinajstić information content (AvgIpc) is 2.75. The zero-order valence-electron chi connectivity index (χ0n) is 16.6. The first kappa shape index (κ1) is 22.9. The molecule has 0 bridgehead atoms. The van der Waals surface area contributed by atoms with Crippen molar-refractivity contribution in [1.82, 2.24) is 0 Å². The second-order valence-corrected chi connectivity index (χ2v) is 6.57. The summed E-state index contributed by atoms with van der Waals surface area (Å²) in [6.45, 7) is 5.22. The minimum absolute atomic E-state index is 0.0205. The number of aliphatic hydroxyl groups excluding tert-OH is 1. The molecule has 1 aliphatic rings. The van der Waals surface area contributed by atoms with Crippen LogP contribution in [0.25, 0.3) is 0 Å². The summed E-state index contributed by atoms with van der Waals surface area (Å²) in [7, 11) is 1.00. The summed E-state index contributed by atoms with van der Waals surface area (Å²) in [5, 5.41) is 7.00. The Labute approximate surface area is 163 Å². The molecule has 4 heteroatoms. The maximum atomic E-state index is 11.4. The van der Waals surface area contributed by atoms with Crippen molar-refractivity contribution in [2.75, 3.05) is 20.3 Å². The van der Waals surface area contributed by atoms with E-state index in [1.54, 1.807) is 0 Å². The van der Waals surface area contributed by atoms with E-state index in [0.29, 0.717) is 25.6 Å². The van der Waals surface area contributed by atoms with Crippen LogP contribution in [0.1, 0.15) is 30.9 Å². The third kappa shape index (κ3) is 10.5. The Kier molecular flexibility index (Phi) is 11.8. The van der Waals surface area contributed by atoms with Gasteiger partial charge < -0.3 is 14.6 Å². The highest BCUT2D eigenvalue weighted by Gasteiger charge is 2.19. The van der Waals surface area contributed by atoms with Crippen LogP contribution in [0.5, 0.6) is 0 Å². The van der Waals surface area contributed by atoms with Crippen LogP contribution in [0.2, 0.25) is 0 Å². The number of esters is 1. The van der Waals surface area contributed by atoms with Crippen LogP contribution in [0.4, 0.5) is 0 Å². The lowest BCUT2D eigenvalue weighted by atomic mass is 9.95. The Morgan fingerprint density at radius 2 is 1.59 bits per heavy atom. The summed E-state index contributed by atoms with van der Waals surface area (Å²) >= 11 is 0. The highest BCUT2D eigenvalue weighted by molar-refractivity contribution is 5.69. The van der Waals surface area contributed by atoms with Gasteiger partial charge in [-0.05, 0) is 38.2 Å². The fourth-order valence-corrected chi connectivity index (χ4v) is 2.90. The van der Waals surface area contributed by atoms with Gasteiger partial charge in [0, 0.05) is 13.7 Å². The Morgan fingerprint density at radius 3 is 2.15 bits per heavy atom. The van der Waals surface area contributed by atoms with Gasteiger partial charge in [0.05, 0.1) is 19.1 Å². The van der Waals surface area contributed by atoms with Gasteiger partial charge in [0.1, 0.15) is 0 Å². The van der Waals surface area contributed by atoms with Crippen LogP contribution >= 0.6 is 0 Å². The summed E-state index contributed by atoms with van der Waals surface area (Å²) < 4.78 is 10.9. The topological polar surface area (TPSA) is 55.8 Å². The lowest BCUT2D eigenvalue weighted by Gasteiger charge is -2.19. The number of hydrogen-bond donors (Lipinski definition) is 1. The van der Waals surface area contributed by atoms with E-state index in [-0.39, 0.29) is 12.1 Å². The van der Waals surface area contributed by atoms with Gasteiger partial charge >= 0.3 is 5.97 Å². The molecule has 0 radical (unpaired) electrons. The normalized spacial score (nSPS) is 19.6. The molecule has 2 unspecified atom stereocenters. The largest absolute Gasteiger partial charge is 0.463 e. The molecule has 148 valence electrons. The molecule has 4 nitrogen and oxygen atoms in total. The van der Waals surface area contributed by atoms with E-state index in [4.69, 9.17) is 14.6 Å². The van der Waals surface area contributed by atoms with Crippen LogP contribution in [0.15, 0.2) is 60.7 Å². The molecule has 0 saturated carbocycles. The fraction of sp³-hybridized carbons (Fsp3) is 0.435. The summed E-state index contributed by atoms with van der Waals surface area (Å²) in [4.78, 5) is 11.4. The molecule has 0 spiro atoms. The minimum atomic E-state index is -0.150. The van der Waals surface area contributed by atoms with Crippen molar-refractivity contribution in [2.45, 2.75) is 39.2 Å². The number of cyclic esters (lactones) is 1. The SMILES string of the molecule is CC1CC(Cc2ccccc2)COCCC(=O)O1.CO.Cc1ccccc1. The van der Waals surface area contributed by atoms with E-state index in [9.17, 15) is 4.79 Å². The van der Waals surface area contributed by atoms with Crippen molar-refractivity contribution >= 4 is 5.97 Å². The van der Waals surface area contributed by atoms with Crippen molar-refractivity contribution in [3.63, 3.8) is 0 Å². The quantitative estimate of drug-likeness (QED) is 0.803. The lowest BCUT2D eigenvalue weighted by molar-refractivity contribution is -0.148. The number of ether oxygens (including phenoxy) is 2. The molecule has 2 aromatic rings. The first-order valence-electron chi connectivity index (χ1n) is 9.41. The molecule has 0 amide bonds. The van der Waals surface area contributed by atoms with Crippen molar-refractivity contribution in [2.24, 2.45) is 5.92 Å². The number of aryl methyl sites for hydroxylation is 1. The van der Waals surface area contributed by atoms with Crippen LogP contribution < -0.4 is 0 Å². The minimum Gasteiger partial charge on any atom is -0.463 e. The Balaban J connectivity index is 0.000000338. The molecular formula is C23H32O4. The third-order valence-corrected chi connectivity index (χ3v) is 4.11. The monoisotopic (exact) mass is 372 g/mol. The van der Waals surface area contributed by atoms with E-state index >= 15 is 0 Å². The predicted molar refractivity (Wildman–Crippen MR) is 109 cm³/mol.